The number of carbonyl (C=O) groups excluding carboxylic acids is 1. The third-order valence-corrected chi connectivity index (χ3v) is 2.96. The lowest BCUT2D eigenvalue weighted by atomic mass is 9.98. The number of carbonyl (C=O) groups is 1. The van der Waals surface area contributed by atoms with Crippen LogP contribution in [0.15, 0.2) is 0 Å². The summed E-state index contributed by atoms with van der Waals surface area (Å²) in [6, 6.07) is 0. The third kappa shape index (κ3) is 7.90. The summed E-state index contributed by atoms with van der Waals surface area (Å²) in [7, 11) is 2.03. The van der Waals surface area contributed by atoms with Gasteiger partial charge in [-0.25, -0.2) is 0 Å². The lowest BCUT2D eigenvalue weighted by Gasteiger charge is -2.28. The maximum Gasteiger partial charge on any atom is 0.234 e. The molecule has 1 heterocycles. The molecule has 0 unspecified atom stereocenters. The minimum Gasteiger partial charge on any atom is -0.350 e. The van der Waals surface area contributed by atoms with Gasteiger partial charge in [0.2, 0.25) is 5.91 Å². The molecule has 18 heavy (non-hydrogen) atoms. The van der Waals surface area contributed by atoms with Crippen molar-refractivity contribution in [3.8, 4) is 0 Å². The van der Waals surface area contributed by atoms with Gasteiger partial charge in [0.1, 0.15) is 0 Å². The first-order valence-corrected chi connectivity index (χ1v) is 6.57. The Morgan fingerprint density at radius 3 is 2.39 bits per heavy atom. The van der Waals surface area contributed by atoms with Crippen LogP contribution in [0.25, 0.3) is 0 Å². The van der Waals surface area contributed by atoms with Crippen molar-refractivity contribution in [2.75, 3.05) is 33.2 Å². The van der Waals surface area contributed by atoms with Crippen LogP contribution in [0, 0.1) is 5.92 Å². The number of halogens is 1. The van der Waals surface area contributed by atoms with Gasteiger partial charge >= 0.3 is 0 Å². The van der Waals surface area contributed by atoms with E-state index >= 15 is 0 Å². The van der Waals surface area contributed by atoms with Crippen molar-refractivity contribution in [1.82, 2.24) is 15.5 Å². The van der Waals surface area contributed by atoms with Gasteiger partial charge in [-0.1, -0.05) is 0 Å². The number of piperidine rings is 1. The van der Waals surface area contributed by atoms with Gasteiger partial charge < -0.3 is 10.6 Å². The Bertz CT molecular complexity index is 247. The van der Waals surface area contributed by atoms with Crippen molar-refractivity contribution in [2.24, 2.45) is 5.92 Å². The van der Waals surface area contributed by atoms with E-state index in [2.05, 4.69) is 15.5 Å². The van der Waals surface area contributed by atoms with E-state index in [0.717, 1.165) is 25.6 Å². The van der Waals surface area contributed by atoms with Gasteiger partial charge in [0.05, 0.1) is 6.54 Å². The first-order chi connectivity index (χ1) is 7.87. The first-order valence-electron chi connectivity index (χ1n) is 6.57. The molecular weight excluding hydrogens is 250 g/mol. The Hall–Kier alpha value is -0.320. The van der Waals surface area contributed by atoms with Crippen LogP contribution >= 0.6 is 12.4 Å². The molecule has 1 aliphatic heterocycles. The highest BCUT2D eigenvalue weighted by Gasteiger charge is 2.18. The summed E-state index contributed by atoms with van der Waals surface area (Å²) in [5, 5.41) is 6.36. The lowest BCUT2D eigenvalue weighted by molar-refractivity contribution is -0.123. The van der Waals surface area contributed by atoms with Gasteiger partial charge in [-0.3, -0.25) is 9.69 Å². The molecule has 0 saturated carbocycles. The highest BCUT2D eigenvalue weighted by atomic mass is 35.5. The quantitative estimate of drug-likeness (QED) is 0.813. The third-order valence-electron chi connectivity index (χ3n) is 2.96. The molecule has 1 fully saturated rings. The highest BCUT2D eigenvalue weighted by molar-refractivity contribution is 5.85. The molecule has 0 bridgehead atoms. The fourth-order valence-electron chi connectivity index (χ4n) is 2.27. The van der Waals surface area contributed by atoms with Crippen molar-refractivity contribution in [3.63, 3.8) is 0 Å². The predicted molar refractivity (Wildman–Crippen MR) is 78.2 cm³/mol. The number of amides is 1. The zero-order valence-electron chi connectivity index (χ0n) is 12.1. The van der Waals surface area contributed by atoms with E-state index in [4.69, 9.17) is 0 Å². The van der Waals surface area contributed by atoms with Gasteiger partial charge in [0, 0.05) is 12.1 Å². The van der Waals surface area contributed by atoms with Crippen molar-refractivity contribution < 1.29 is 4.79 Å². The molecule has 2 N–H and O–H groups in total. The van der Waals surface area contributed by atoms with Crippen molar-refractivity contribution in [3.05, 3.63) is 0 Å². The summed E-state index contributed by atoms with van der Waals surface area (Å²) in [5.74, 6) is 0.859. The number of nitrogens with one attached hydrogen (secondary N) is 2. The second-order valence-corrected chi connectivity index (χ2v) is 6.19. The molecule has 0 aromatic rings. The van der Waals surface area contributed by atoms with Crippen LogP contribution in [0.4, 0.5) is 0 Å². The molecule has 1 amide bonds. The molecule has 1 rings (SSSR count). The van der Waals surface area contributed by atoms with Crippen LogP contribution in [0.5, 0.6) is 0 Å². The summed E-state index contributed by atoms with van der Waals surface area (Å²) in [4.78, 5) is 13.9. The molecule has 0 aliphatic carbocycles. The highest BCUT2D eigenvalue weighted by Crippen LogP contribution is 2.12. The minimum absolute atomic E-state index is 0. The Kier molecular flexibility index (Phi) is 7.83. The van der Waals surface area contributed by atoms with Crippen LogP contribution < -0.4 is 10.6 Å². The Balaban J connectivity index is 0.00000289. The molecule has 108 valence electrons. The number of nitrogens with zero attached hydrogens (tertiary/aromatic N) is 1. The second kappa shape index (κ2) is 7.97. The van der Waals surface area contributed by atoms with Gasteiger partial charge in [-0.15, -0.1) is 12.4 Å². The summed E-state index contributed by atoms with van der Waals surface area (Å²) < 4.78 is 0. The minimum atomic E-state index is -0.132. The SMILES string of the molecule is CN(CC(=O)NC(C)(C)C)CC1CCNCC1.Cl. The zero-order chi connectivity index (χ0) is 12.9. The van der Waals surface area contributed by atoms with Crippen molar-refractivity contribution in [2.45, 2.75) is 39.2 Å². The maximum atomic E-state index is 11.7. The fraction of sp³-hybridized carbons (Fsp3) is 0.923. The van der Waals surface area contributed by atoms with E-state index in [0.29, 0.717) is 6.54 Å². The standard InChI is InChI=1S/C13H27N3O.ClH/c1-13(2,3)15-12(17)10-16(4)9-11-5-7-14-8-6-11;/h11,14H,5-10H2,1-4H3,(H,15,17);1H. The summed E-state index contributed by atoms with van der Waals surface area (Å²) in [5.41, 5.74) is -0.132. The lowest BCUT2D eigenvalue weighted by Crippen LogP contribution is -2.46. The molecule has 5 heteroatoms. The van der Waals surface area contributed by atoms with Crippen LogP contribution in [0.1, 0.15) is 33.6 Å². The number of likely N-dealkylation sites (N-methyl/N-ethyl adjacent to an activating group) is 1. The largest absolute Gasteiger partial charge is 0.350 e. The smallest absolute Gasteiger partial charge is 0.234 e. The first kappa shape index (κ1) is 17.7. The molecule has 0 aromatic heterocycles. The van der Waals surface area contributed by atoms with Crippen LogP contribution in [0.2, 0.25) is 0 Å². The average Bonchev–Trinajstić information content (AvgIpc) is 2.15. The molecule has 0 radical (unpaired) electrons. The zero-order valence-corrected chi connectivity index (χ0v) is 12.9. The maximum absolute atomic E-state index is 11.7. The summed E-state index contributed by atoms with van der Waals surface area (Å²) >= 11 is 0. The monoisotopic (exact) mass is 277 g/mol. The normalized spacial score (nSPS) is 17.4. The average molecular weight is 278 g/mol. The van der Waals surface area contributed by atoms with Crippen LogP contribution in [-0.4, -0.2) is 49.6 Å². The molecular formula is C13H28ClN3O. The van der Waals surface area contributed by atoms with E-state index in [1.165, 1.54) is 12.8 Å². The number of hydrogen-bond donors (Lipinski definition) is 2. The van der Waals surface area contributed by atoms with Gasteiger partial charge in [-0.2, -0.15) is 0 Å². The number of hydrogen-bond acceptors (Lipinski definition) is 3. The molecule has 4 nitrogen and oxygen atoms in total. The van der Waals surface area contributed by atoms with Crippen molar-refractivity contribution in [1.29, 1.82) is 0 Å². The van der Waals surface area contributed by atoms with E-state index in [9.17, 15) is 4.79 Å². The van der Waals surface area contributed by atoms with E-state index in [-0.39, 0.29) is 23.9 Å². The van der Waals surface area contributed by atoms with Crippen LogP contribution in [-0.2, 0) is 4.79 Å². The fourth-order valence-corrected chi connectivity index (χ4v) is 2.27. The van der Waals surface area contributed by atoms with Gasteiger partial charge in [0.25, 0.3) is 0 Å². The second-order valence-electron chi connectivity index (χ2n) is 6.19. The Morgan fingerprint density at radius 2 is 1.89 bits per heavy atom. The molecule has 1 aliphatic rings. The molecule has 0 atom stereocenters. The van der Waals surface area contributed by atoms with E-state index in [1.54, 1.807) is 0 Å². The van der Waals surface area contributed by atoms with E-state index in [1.807, 2.05) is 27.8 Å². The molecule has 1 saturated heterocycles. The number of rotatable bonds is 4. The molecule has 0 aromatic carbocycles. The summed E-state index contributed by atoms with van der Waals surface area (Å²) in [6.45, 7) is 9.80. The van der Waals surface area contributed by atoms with E-state index < -0.39 is 0 Å². The molecule has 0 spiro atoms. The van der Waals surface area contributed by atoms with Crippen LogP contribution in [0.3, 0.4) is 0 Å². The van der Waals surface area contributed by atoms with Crippen molar-refractivity contribution >= 4 is 18.3 Å². The van der Waals surface area contributed by atoms with Gasteiger partial charge in [0.15, 0.2) is 0 Å². The van der Waals surface area contributed by atoms with Gasteiger partial charge in [-0.05, 0) is 59.7 Å². The Labute approximate surface area is 117 Å². The predicted octanol–water partition coefficient (Wildman–Crippen LogP) is 1.25. The Morgan fingerprint density at radius 1 is 1.33 bits per heavy atom. The summed E-state index contributed by atoms with van der Waals surface area (Å²) in [6.07, 6.45) is 2.45. The topological polar surface area (TPSA) is 44.4 Å².